The maximum Gasteiger partial charge on any atom is 0.387 e. The van der Waals surface area contributed by atoms with E-state index in [9.17, 15) is 13.6 Å². The molecule has 0 saturated carbocycles. The first kappa shape index (κ1) is 20.8. The molecular formula is C21H26F2N2O2. The molecule has 0 saturated heterocycles. The number of aryl methyl sites for hydroxylation is 2. The Labute approximate surface area is 159 Å². The lowest BCUT2D eigenvalue weighted by atomic mass is 10.0. The highest BCUT2D eigenvalue weighted by molar-refractivity contribution is 5.78. The Morgan fingerprint density at radius 3 is 2.37 bits per heavy atom. The third kappa shape index (κ3) is 6.64. The van der Waals surface area contributed by atoms with Crippen LogP contribution in [0.5, 0.6) is 5.75 Å². The van der Waals surface area contributed by atoms with E-state index in [0.717, 1.165) is 11.1 Å². The lowest BCUT2D eigenvalue weighted by molar-refractivity contribution is -0.122. The van der Waals surface area contributed by atoms with Gasteiger partial charge in [-0.05, 0) is 62.2 Å². The van der Waals surface area contributed by atoms with E-state index in [1.165, 1.54) is 23.3 Å². The Balaban J connectivity index is 1.84. The molecule has 0 bridgehead atoms. The average Bonchev–Trinajstić information content (AvgIpc) is 2.58. The molecule has 4 nitrogen and oxygen atoms in total. The van der Waals surface area contributed by atoms with Crippen molar-refractivity contribution in [3.63, 3.8) is 0 Å². The Bertz CT molecular complexity index is 763. The quantitative estimate of drug-likeness (QED) is 0.750. The summed E-state index contributed by atoms with van der Waals surface area (Å²) in [6, 6.07) is 12.5. The number of hydrogen-bond donors (Lipinski definition) is 1. The normalized spacial score (nSPS) is 12.3. The van der Waals surface area contributed by atoms with Crippen LogP contribution in [0.4, 0.5) is 8.78 Å². The first-order valence-corrected chi connectivity index (χ1v) is 8.83. The predicted octanol–water partition coefficient (Wildman–Crippen LogP) is 4.21. The van der Waals surface area contributed by atoms with Crippen LogP contribution in [0.25, 0.3) is 0 Å². The standard InChI is InChI=1S/C21H26F2N2O2/c1-14-5-8-18(11-15(14)2)16(3)24-20(26)13-25(4)12-17-6-9-19(10-7-17)27-21(22)23/h5-11,16,21H,12-13H2,1-4H3,(H,24,26). The number of carbonyl (C=O) groups is 1. The van der Waals surface area contributed by atoms with Gasteiger partial charge in [0.2, 0.25) is 5.91 Å². The molecule has 0 heterocycles. The molecule has 0 aliphatic heterocycles. The highest BCUT2D eigenvalue weighted by atomic mass is 19.3. The van der Waals surface area contributed by atoms with Gasteiger partial charge in [-0.25, -0.2) is 0 Å². The molecule has 2 aromatic rings. The van der Waals surface area contributed by atoms with Crippen molar-refractivity contribution < 1.29 is 18.3 Å². The minimum atomic E-state index is -2.83. The van der Waals surface area contributed by atoms with E-state index in [1.807, 2.05) is 24.9 Å². The molecule has 0 aliphatic carbocycles. The SMILES string of the molecule is Cc1ccc(C(C)NC(=O)CN(C)Cc2ccc(OC(F)F)cc2)cc1C. The minimum absolute atomic E-state index is 0.0686. The van der Waals surface area contributed by atoms with Crippen LogP contribution < -0.4 is 10.1 Å². The number of nitrogens with one attached hydrogen (secondary N) is 1. The van der Waals surface area contributed by atoms with Gasteiger partial charge >= 0.3 is 6.61 Å². The molecule has 1 amide bonds. The third-order valence-electron chi connectivity index (χ3n) is 4.42. The van der Waals surface area contributed by atoms with Crippen molar-refractivity contribution in [1.29, 1.82) is 0 Å². The molecule has 0 spiro atoms. The molecule has 146 valence electrons. The number of hydrogen-bond acceptors (Lipinski definition) is 3. The Hall–Kier alpha value is -2.47. The van der Waals surface area contributed by atoms with Crippen molar-refractivity contribution in [2.75, 3.05) is 13.6 Å². The average molecular weight is 376 g/mol. The summed E-state index contributed by atoms with van der Waals surface area (Å²) in [7, 11) is 1.84. The molecule has 6 heteroatoms. The lowest BCUT2D eigenvalue weighted by Gasteiger charge is -2.20. The van der Waals surface area contributed by atoms with Crippen LogP contribution in [0.2, 0.25) is 0 Å². The molecule has 1 atom stereocenters. The number of benzene rings is 2. The van der Waals surface area contributed by atoms with Crippen LogP contribution in [0, 0.1) is 13.8 Å². The van der Waals surface area contributed by atoms with Gasteiger partial charge in [-0.15, -0.1) is 0 Å². The Kier molecular flexibility index (Phi) is 7.30. The van der Waals surface area contributed by atoms with Gasteiger partial charge in [-0.3, -0.25) is 9.69 Å². The van der Waals surface area contributed by atoms with E-state index in [-0.39, 0.29) is 24.2 Å². The van der Waals surface area contributed by atoms with Crippen molar-refractivity contribution >= 4 is 5.91 Å². The Morgan fingerprint density at radius 1 is 1.11 bits per heavy atom. The van der Waals surface area contributed by atoms with Crippen LogP contribution in [0.1, 0.15) is 35.2 Å². The number of amides is 1. The maximum atomic E-state index is 12.3. The van der Waals surface area contributed by atoms with E-state index in [1.54, 1.807) is 12.1 Å². The summed E-state index contributed by atoms with van der Waals surface area (Å²) in [5.74, 6) is 0.0530. The van der Waals surface area contributed by atoms with E-state index in [2.05, 4.69) is 36.0 Å². The number of carbonyl (C=O) groups excluding carboxylic acids is 1. The molecule has 27 heavy (non-hydrogen) atoms. The number of halogens is 2. The smallest absolute Gasteiger partial charge is 0.387 e. The molecular weight excluding hydrogens is 350 g/mol. The summed E-state index contributed by atoms with van der Waals surface area (Å²) in [5.41, 5.74) is 4.41. The van der Waals surface area contributed by atoms with E-state index in [4.69, 9.17) is 0 Å². The summed E-state index contributed by atoms with van der Waals surface area (Å²) in [6.45, 7) is 4.01. The maximum absolute atomic E-state index is 12.3. The van der Waals surface area contributed by atoms with Crippen molar-refractivity contribution in [2.24, 2.45) is 0 Å². The summed E-state index contributed by atoms with van der Waals surface area (Å²) in [4.78, 5) is 14.2. The number of alkyl halides is 2. The van der Waals surface area contributed by atoms with Gasteiger partial charge in [0.05, 0.1) is 12.6 Å². The van der Waals surface area contributed by atoms with Gasteiger partial charge in [-0.2, -0.15) is 8.78 Å². The van der Waals surface area contributed by atoms with Gasteiger partial charge in [0.25, 0.3) is 0 Å². The van der Waals surface area contributed by atoms with Gasteiger partial charge in [-0.1, -0.05) is 30.3 Å². The third-order valence-corrected chi connectivity index (χ3v) is 4.42. The lowest BCUT2D eigenvalue weighted by Crippen LogP contribution is -2.36. The van der Waals surface area contributed by atoms with Crippen LogP contribution in [0.3, 0.4) is 0 Å². The van der Waals surface area contributed by atoms with Crippen LogP contribution in [-0.2, 0) is 11.3 Å². The van der Waals surface area contributed by atoms with Gasteiger partial charge in [0.15, 0.2) is 0 Å². The minimum Gasteiger partial charge on any atom is -0.435 e. The number of likely N-dealkylation sites (N-methyl/N-ethyl adjacent to an activating group) is 1. The molecule has 2 aromatic carbocycles. The predicted molar refractivity (Wildman–Crippen MR) is 102 cm³/mol. The molecule has 2 rings (SSSR count). The summed E-state index contributed by atoms with van der Waals surface area (Å²) in [6.07, 6.45) is 0. The van der Waals surface area contributed by atoms with Gasteiger partial charge in [0, 0.05) is 6.54 Å². The number of nitrogens with zero attached hydrogens (tertiary/aromatic N) is 1. The largest absolute Gasteiger partial charge is 0.435 e. The second kappa shape index (κ2) is 9.46. The molecule has 0 aromatic heterocycles. The molecule has 0 aliphatic rings. The zero-order valence-corrected chi connectivity index (χ0v) is 16.1. The van der Waals surface area contributed by atoms with Gasteiger partial charge in [0.1, 0.15) is 5.75 Å². The first-order valence-electron chi connectivity index (χ1n) is 8.83. The Morgan fingerprint density at radius 2 is 1.78 bits per heavy atom. The number of ether oxygens (including phenoxy) is 1. The molecule has 1 N–H and O–H groups in total. The van der Waals surface area contributed by atoms with E-state index in [0.29, 0.717) is 6.54 Å². The second-order valence-corrected chi connectivity index (χ2v) is 6.83. The fourth-order valence-corrected chi connectivity index (χ4v) is 2.79. The van der Waals surface area contributed by atoms with Crippen molar-refractivity contribution in [2.45, 2.75) is 40.0 Å². The first-order chi connectivity index (χ1) is 12.7. The van der Waals surface area contributed by atoms with Crippen molar-refractivity contribution in [1.82, 2.24) is 10.2 Å². The van der Waals surface area contributed by atoms with Crippen LogP contribution >= 0.6 is 0 Å². The van der Waals surface area contributed by atoms with Gasteiger partial charge < -0.3 is 10.1 Å². The topological polar surface area (TPSA) is 41.6 Å². The molecule has 0 fully saturated rings. The summed E-state index contributed by atoms with van der Waals surface area (Å²) >= 11 is 0. The van der Waals surface area contributed by atoms with E-state index >= 15 is 0 Å². The zero-order chi connectivity index (χ0) is 20.0. The molecule has 1 unspecified atom stereocenters. The second-order valence-electron chi connectivity index (χ2n) is 6.83. The summed E-state index contributed by atoms with van der Waals surface area (Å²) < 4.78 is 28.7. The monoisotopic (exact) mass is 376 g/mol. The number of rotatable bonds is 8. The highest BCUT2D eigenvalue weighted by Gasteiger charge is 2.13. The van der Waals surface area contributed by atoms with Crippen molar-refractivity contribution in [3.8, 4) is 5.75 Å². The fraction of sp³-hybridized carbons (Fsp3) is 0.381. The zero-order valence-electron chi connectivity index (χ0n) is 16.1. The molecule has 0 radical (unpaired) electrons. The fourth-order valence-electron chi connectivity index (χ4n) is 2.79. The van der Waals surface area contributed by atoms with Crippen LogP contribution in [0.15, 0.2) is 42.5 Å². The van der Waals surface area contributed by atoms with E-state index < -0.39 is 6.61 Å². The van der Waals surface area contributed by atoms with Crippen molar-refractivity contribution in [3.05, 3.63) is 64.7 Å². The summed E-state index contributed by atoms with van der Waals surface area (Å²) in [5, 5.41) is 3.01. The highest BCUT2D eigenvalue weighted by Crippen LogP contribution is 2.17. The van der Waals surface area contributed by atoms with Crippen LogP contribution in [-0.4, -0.2) is 31.0 Å².